The van der Waals surface area contributed by atoms with Crippen LogP contribution in [-0.2, 0) is 6.54 Å². The summed E-state index contributed by atoms with van der Waals surface area (Å²) in [5.41, 5.74) is 6.73. The van der Waals surface area contributed by atoms with Crippen molar-refractivity contribution in [1.29, 1.82) is 0 Å². The van der Waals surface area contributed by atoms with Crippen molar-refractivity contribution in [2.75, 3.05) is 0 Å². The molecule has 0 fully saturated rings. The number of aromatic nitrogens is 2. The van der Waals surface area contributed by atoms with Crippen molar-refractivity contribution in [2.24, 2.45) is 5.73 Å². The molecular formula is C10H15N3S. The highest BCUT2D eigenvalue weighted by atomic mass is 32.1. The van der Waals surface area contributed by atoms with Crippen LogP contribution in [0.15, 0.2) is 6.07 Å². The second-order valence-corrected chi connectivity index (χ2v) is 4.87. The van der Waals surface area contributed by atoms with Crippen molar-refractivity contribution in [3.05, 3.63) is 16.6 Å². The first-order valence-corrected chi connectivity index (χ1v) is 5.62. The molecule has 0 saturated carbocycles. The van der Waals surface area contributed by atoms with Crippen LogP contribution in [0, 0.1) is 6.92 Å². The Hall–Kier alpha value is -0.870. The van der Waals surface area contributed by atoms with Gasteiger partial charge in [-0.05, 0) is 26.8 Å². The highest BCUT2D eigenvalue weighted by Gasteiger charge is 2.12. The molecule has 76 valence electrons. The molecule has 2 aromatic rings. The smallest absolute Gasteiger partial charge is 0.122 e. The zero-order valence-corrected chi connectivity index (χ0v) is 9.56. The van der Waals surface area contributed by atoms with Crippen LogP contribution in [-0.4, -0.2) is 9.78 Å². The van der Waals surface area contributed by atoms with Gasteiger partial charge in [0.2, 0.25) is 0 Å². The van der Waals surface area contributed by atoms with Crippen LogP contribution >= 0.6 is 11.3 Å². The molecule has 0 saturated heterocycles. The minimum Gasteiger partial charge on any atom is -0.326 e. The number of nitrogens with zero attached hydrogens (tertiary/aromatic N) is 2. The van der Waals surface area contributed by atoms with E-state index in [0.717, 1.165) is 5.69 Å². The van der Waals surface area contributed by atoms with Gasteiger partial charge in [0, 0.05) is 22.8 Å². The maximum absolute atomic E-state index is 5.63. The average molecular weight is 209 g/mol. The van der Waals surface area contributed by atoms with Gasteiger partial charge in [0.15, 0.2) is 0 Å². The largest absolute Gasteiger partial charge is 0.326 e. The third kappa shape index (κ3) is 1.35. The predicted octanol–water partition coefficient (Wildman–Crippen LogP) is 2.45. The number of fused-ring (bicyclic) bond motifs is 1. The van der Waals surface area contributed by atoms with Gasteiger partial charge in [0.05, 0.1) is 5.69 Å². The second kappa shape index (κ2) is 3.37. The highest BCUT2D eigenvalue weighted by molar-refractivity contribution is 7.18. The Labute approximate surface area is 87.5 Å². The minimum absolute atomic E-state index is 0.412. The monoisotopic (exact) mass is 209 g/mol. The Balaban J connectivity index is 2.67. The van der Waals surface area contributed by atoms with E-state index in [2.05, 4.69) is 29.7 Å². The fourth-order valence-electron chi connectivity index (χ4n) is 1.57. The quantitative estimate of drug-likeness (QED) is 0.825. The number of nitrogens with two attached hydrogens (primary N) is 1. The van der Waals surface area contributed by atoms with Crippen molar-refractivity contribution in [3.63, 3.8) is 0 Å². The number of hydrogen-bond acceptors (Lipinski definition) is 3. The molecule has 0 aliphatic rings. The van der Waals surface area contributed by atoms with Crippen LogP contribution in [0.5, 0.6) is 0 Å². The number of thiophene rings is 1. The maximum Gasteiger partial charge on any atom is 0.122 e. The lowest BCUT2D eigenvalue weighted by atomic mass is 10.3. The van der Waals surface area contributed by atoms with Gasteiger partial charge in [0.25, 0.3) is 0 Å². The van der Waals surface area contributed by atoms with Crippen LogP contribution in [0.25, 0.3) is 10.2 Å². The molecule has 0 spiro atoms. The SMILES string of the molecule is Cc1nn(C(C)C)c2sc(CN)cc12. The zero-order valence-electron chi connectivity index (χ0n) is 8.74. The number of rotatable bonds is 2. The van der Waals surface area contributed by atoms with E-state index in [9.17, 15) is 0 Å². The summed E-state index contributed by atoms with van der Waals surface area (Å²) in [7, 11) is 0. The highest BCUT2D eigenvalue weighted by Crippen LogP contribution is 2.29. The fourth-order valence-corrected chi connectivity index (χ4v) is 2.74. The van der Waals surface area contributed by atoms with Crippen molar-refractivity contribution < 1.29 is 0 Å². The molecule has 14 heavy (non-hydrogen) atoms. The lowest BCUT2D eigenvalue weighted by Gasteiger charge is -2.04. The molecule has 0 unspecified atom stereocenters. The molecule has 0 atom stereocenters. The predicted molar refractivity (Wildman–Crippen MR) is 60.6 cm³/mol. The first-order chi connectivity index (χ1) is 6.63. The van der Waals surface area contributed by atoms with Gasteiger partial charge in [-0.15, -0.1) is 11.3 Å². The fraction of sp³-hybridized carbons (Fsp3) is 0.500. The lowest BCUT2D eigenvalue weighted by molar-refractivity contribution is 0.549. The van der Waals surface area contributed by atoms with E-state index in [4.69, 9.17) is 5.73 Å². The maximum atomic E-state index is 5.63. The zero-order chi connectivity index (χ0) is 10.3. The Morgan fingerprint density at radius 2 is 2.29 bits per heavy atom. The van der Waals surface area contributed by atoms with Crippen molar-refractivity contribution in [3.8, 4) is 0 Å². The van der Waals surface area contributed by atoms with E-state index in [0.29, 0.717) is 12.6 Å². The second-order valence-electron chi connectivity index (χ2n) is 3.76. The number of aryl methyl sites for hydroxylation is 1. The van der Waals surface area contributed by atoms with Crippen molar-refractivity contribution in [2.45, 2.75) is 33.4 Å². The Morgan fingerprint density at radius 1 is 1.57 bits per heavy atom. The average Bonchev–Trinajstić information content (AvgIpc) is 2.66. The van der Waals surface area contributed by atoms with E-state index in [-0.39, 0.29) is 0 Å². The van der Waals surface area contributed by atoms with Crippen LogP contribution in [0.4, 0.5) is 0 Å². The summed E-state index contributed by atoms with van der Waals surface area (Å²) in [5.74, 6) is 0. The first kappa shape index (κ1) is 9.68. The van der Waals surface area contributed by atoms with Gasteiger partial charge in [-0.3, -0.25) is 4.68 Å². The molecule has 4 heteroatoms. The molecule has 2 rings (SSSR count). The number of hydrogen-bond donors (Lipinski definition) is 1. The van der Waals surface area contributed by atoms with Gasteiger partial charge in [-0.2, -0.15) is 5.10 Å². The summed E-state index contributed by atoms with van der Waals surface area (Å²) < 4.78 is 2.08. The van der Waals surface area contributed by atoms with Crippen LogP contribution in [0.2, 0.25) is 0 Å². The van der Waals surface area contributed by atoms with Gasteiger partial charge in [-0.1, -0.05) is 0 Å². The Morgan fingerprint density at radius 3 is 2.86 bits per heavy atom. The van der Waals surface area contributed by atoms with Crippen LogP contribution in [0.1, 0.15) is 30.5 Å². The summed E-state index contributed by atoms with van der Waals surface area (Å²) in [6.45, 7) is 6.96. The van der Waals surface area contributed by atoms with Gasteiger partial charge >= 0.3 is 0 Å². The summed E-state index contributed by atoms with van der Waals surface area (Å²) in [6, 6.07) is 2.57. The summed E-state index contributed by atoms with van der Waals surface area (Å²) in [4.78, 5) is 2.48. The van der Waals surface area contributed by atoms with Gasteiger partial charge < -0.3 is 5.73 Å². The Bertz CT molecular complexity index is 453. The van der Waals surface area contributed by atoms with Gasteiger partial charge in [0.1, 0.15) is 4.83 Å². The van der Waals surface area contributed by atoms with Gasteiger partial charge in [-0.25, -0.2) is 0 Å². The van der Waals surface area contributed by atoms with E-state index >= 15 is 0 Å². The first-order valence-electron chi connectivity index (χ1n) is 4.81. The molecule has 0 aromatic carbocycles. The molecular weight excluding hydrogens is 194 g/mol. The minimum atomic E-state index is 0.412. The summed E-state index contributed by atoms with van der Waals surface area (Å²) >= 11 is 1.75. The van der Waals surface area contributed by atoms with Crippen molar-refractivity contribution in [1.82, 2.24) is 9.78 Å². The third-order valence-electron chi connectivity index (χ3n) is 2.31. The summed E-state index contributed by atoms with van der Waals surface area (Å²) in [5, 5.41) is 5.76. The molecule has 2 N–H and O–H groups in total. The summed E-state index contributed by atoms with van der Waals surface area (Å²) in [6.07, 6.45) is 0. The van der Waals surface area contributed by atoms with E-state index in [1.807, 2.05) is 6.92 Å². The molecule has 3 nitrogen and oxygen atoms in total. The molecule has 0 aliphatic heterocycles. The molecule has 0 aliphatic carbocycles. The molecule has 0 bridgehead atoms. The van der Waals surface area contributed by atoms with E-state index in [1.54, 1.807) is 11.3 Å². The van der Waals surface area contributed by atoms with Crippen molar-refractivity contribution >= 4 is 21.6 Å². The Kier molecular flexibility index (Phi) is 2.33. The standard InChI is InChI=1S/C10H15N3S/c1-6(2)13-10-9(7(3)12-13)4-8(5-11)14-10/h4,6H,5,11H2,1-3H3. The topological polar surface area (TPSA) is 43.8 Å². The van der Waals surface area contributed by atoms with E-state index in [1.165, 1.54) is 15.1 Å². The normalized spacial score (nSPS) is 11.8. The molecule has 2 aromatic heterocycles. The molecule has 0 radical (unpaired) electrons. The van der Waals surface area contributed by atoms with Crippen LogP contribution in [0.3, 0.4) is 0 Å². The molecule has 2 heterocycles. The molecule has 0 amide bonds. The lowest BCUT2D eigenvalue weighted by Crippen LogP contribution is -2.01. The van der Waals surface area contributed by atoms with E-state index < -0.39 is 0 Å². The third-order valence-corrected chi connectivity index (χ3v) is 3.46. The van der Waals surface area contributed by atoms with Crippen LogP contribution < -0.4 is 5.73 Å².